The molecule has 5 heteroatoms. The molecule has 2 aromatic heterocycles. The largest absolute Gasteiger partial charge is 0.496 e. The molecule has 0 amide bonds. The second kappa shape index (κ2) is 6.10. The Labute approximate surface area is 127 Å². The zero-order valence-electron chi connectivity index (χ0n) is 12.1. The third-order valence-electron chi connectivity index (χ3n) is 3.28. The first-order valence-corrected chi connectivity index (χ1v) is 7.72. The van der Waals surface area contributed by atoms with Crippen LogP contribution in [0.15, 0.2) is 35.8 Å². The first-order chi connectivity index (χ1) is 10.3. The molecule has 21 heavy (non-hydrogen) atoms. The number of pyridine rings is 1. The summed E-state index contributed by atoms with van der Waals surface area (Å²) >= 11 is 1.70. The molecule has 0 bridgehead atoms. The molecule has 4 nitrogen and oxygen atoms in total. The molecule has 0 radical (unpaired) electrons. The van der Waals surface area contributed by atoms with Crippen LogP contribution in [-0.4, -0.2) is 23.6 Å². The molecule has 0 aliphatic rings. The highest BCUT2D eigenvalue weighted by molar-refractivity contribution is 7.09. The van der Waals surface area contributed by atoms with E-state index in [4.69, 9.17) is 4.74 Å². The number of nitrogens with one attached hydrogen (secondary N) is 1. The van der Waals surface area contributed by atoms with Crippen molar-refractivity contribution in [3.8, 4) is 5.75 Å². The Bertz CT molecular complexity index is 754. The summed E-state index contributed by atoms with van der Waals surface area (Å²) in [6.45, 7) is 2.84. The van der Waals surface area contributed by atoms with Gasteiger partial charge in [0, 0.05) is 41.0 Å². The number of hydrogen-bond donors (Lipinski definition) is 1. The topological polar surface area (TPSA) is 47.0 Å². The predicted molar refractivity (Wildman–Crippen MR) is 87.3 cm³/mol. The molecule has 0 saturated carbocycles. The smallest absolute Gasteiger partial charge is 0.133 e. The van der Waals surface area contributed by atoms with Gasteiger partial charge in [-0.25, -0.2) is 9.97 Å². The van der Waals surface area contributed by atoms with E-state index in [-0.39, 0.29) is 0 Å². The van der Waals surface area contributed by atoms with Crippen molar-refractivity contribution in [1.82, 2.24) is 9.97 Å². The SMILES string of the molecule is COc1cccc2c(NCCc3nc(C)cs3)nccc12. The monoisotopic (exact) mass is 299 g/mol. The van der Waals surface area contributed by atoms with Gasteiger partial charge < -0.3 is 10.1 Å². The van der Waals surface area contributed by atoms with E-state index in [0.717, 1.165) is 46.0 Å². The summed E-state index contributed by atoms with van der Waals surface area (Å²) < 4.78 is 5.40. The Kier molecular flexibility index (Phi) is 4.01. The number of ether oxygens (including phenoxy) is 1. The average molecular weight is 299 g/mol. The molecule has 108 valence electrons. The highest BCUT2D eigenvalue weighted by atomic mass is 32.1. The molecule has 0 spiro atoms. The minimum atomic E-state index is 0.816. The third-order valence-corrected chi connectivity index (χ3v) is 4.31. The molecular formula is C16H17N3OS. The highest BCUT2D eigenvalue weighted by Gasteiger charge is 2.06. The van der Waals surface area contributed by atoms with Gasteiger partial charge in [0.2, 0.25) is 0 Å². The van der Waals surface area contributed by atoms with Crippen molar-refractivity contribution in [3.05, 3.63) is 46.5 Å². The summed E-state index contributed by atoms with van der Waals surface area (Å²) in [5.41, 5.74) is 1.09. The quantitative estimate of drug-likeness (QED) is 0.781. The number of hydrogen-bond acceptors (Lipinski definition) is 5. The lowest BCUT2D eigenvalue weighted by atomic mass is 10.1. The molecule has 0 saturated heterocycles. The zero-order valence-corrected chi connectivity index (χ0v) is 12.9. The van der Waals surface area contributed by atoms with E-state index in [1.54, 1.807) is 24.6 Å². The van der Waals surface area contributed by atoms with Crippen LogP contribution in [-0.2, 0) is 6.42 Å². The molecule has 1 aromatic carbocycles. The molecule has 2 heterocycles. The van der Waals surface area contributed by atoms with Crippen molar-refractivity contribution < 1.29 is 4.74 Å². The standard InChI is InChI=1S/C16H17N3OS/c1-11-10-21-15(19-11)7-9-18-16-13-4-3-5-14(20-2)12(13)6-8-17-16/h3-6,8,10H,7,9H2,1-2H3,(H,17,18). The van der Waals surface area contributed by atoms with Gasteiger partial charge in [0.15, 0.2) is 0 Å². The van der Waals surface area contributed by atoms with Crippen LogP contribution in [0, 0.1) is 6.92 Å². The predicted octanol–water partition coefficient (Wildman–Crippen LogP) is 3.66. The number of aromatic nitrogens is 2. The summed E-state index contributed by atoms with van der Waals surface area (Å²) in [6.07, 6.45) is 2.71. The van der Waals surface area contributed by atoms with Crippen molar-refractivity contribution in [2.24, 2.45) is 0 Å². The van der Waals surface area contributed by atoms with E-state index in [1.807, 2.05) is 25.1 Å². The van der Waals surface area contributed by atoms with Crippen LogP contribution in [0.25, 0.3) is 10.8 Å². The normalized spacial score (nSPS) is 10.8. The lowest BCUT2D eigenvalue weighted by Gasteiger charge is -2.10. The van der Waals surface area contributed by atoms with Crippen molar-refractivity contribution in [2.75, 3.05) is 19.0 Å². The van der Waals surface area contributed by atoms with E-state index in [9.17, 15) is 0 Å². The average Bonchev–Trinajstić information content (AvgIpc) is 2.92. The van der Waals surface area contributed by atoms with Crippen LogP contribution in [0.5, 0.6) is 5.75 Å². The van der Waals surface area contributed by atoms with Crippen molar-refractivity contribution >= 4 is 27.9 Å². The highest BCUT2D eigenvalue weighted by Crippen LogP contribution is 2.28. The van der Waals surface area contributed by atoms with Gasteiger partial charge in [-0.2, -0.15) is 0 Å². The minimum Gasteiger partial charge on any atom is -0.496 e. The van der Waals surface area contributed by atoms with Crippen LogP contribution >= 0.6 is 11.3 Å². The molecule has 0 fully saturated rings. The van der Waals surface area contributed by atoms with Crippen LogP contribution in [0.3, 0.4) is 0 Å². The zero-order chi connectivity index (χ0) is 14.7. The van der Waals surface area contributed by atoms with Crippen molar-refractivity contribution in [2.45, 2.75) is 13.3 Å². The number of nitrogens with zero attached hydrogens (tertiary/aromatic N) is 2. The molecule has 0 aliphatic carbocycles. The number of aryl methyl sites for hydroxylation is 1. The summed E-state index contributed by atoms with van der Waals surface area (Å²) in [4.78, 5) is 8.90. The maximum atomic E-state index is 5.40. The minimum absolute atomic E-state index is 0.816. The fraction of sp³-hybridized carbons (Fsp3) is 0.250. The Morgan fingerprint density at radius 3 is 2.90 bits per heavy atom. The van der Waals surface area contributed by atoms with Gasteiger partial charge in [0.1, 0.15) is 11.6 Å². The number of thiazole rings is 1. The lowest BCUT2D eigenvalue weighted by molar-refractivity contribution is 0.420. The van der Waals surface area contributed by atoms with E-state index in [2.05, 4.69) is 26.7 Å². The number of anilines is 1. The van der Waals surface area contributed by atoms with Crippen molar-refractivity contribution in [1.29, 1.82) is 0 Å². The van der Waals surface area contributed by atoms with Gasteiger partial charge >= 0.3 is 0 Å². The van der Waals surface area contributed by atoms with Gasteiger partial charge in [-0.1, -0.05) is 12.1 Å². The Morgan fingerprint density at radius 1 is 1.24 bits per heavy atom. The molecule has 0 atom stereocenters. The van der Waals surface area contributed by atoms with Crippen LogP contribution in [0.4, 0.5) is 5.82 Å². The number of rotatable bonds is 5. The molecule has 0 unspecified atom stereocenters. The van der Waals surface area contributed by atoms with E-state index < -0.39 is 0 Å². The summed E-state index contributed by atoms with van der Waals surface area (Å²) in [7, 11) is 1.69. The summed E-state index contributed by atoms with van der Waals surface area (Å²) in [5.74, 6) is 1.76. The van der Waals surface area contributed by atoms with E-state index in [1.165, 1.54) is 0 Å². The maximum Gasteiger partial charge on any atom is 0.133 e. The fourth-order valence-corrected chi connectivity index (χ4v) is 3.08. The molecular weight excluding hydrogens is 282 g/mol. The molecule has 3 aromatic rings. The van der Waals surface area contributed by atoms with Gasteiger partial charge in [0.05, 0.1) is 12.1 Å². The molecule has 0 aliphatic heterocycles. The first kappa shape index (κ1) is 13.8. The Hall–Kier alpha value is -2.14. The number of methoxy groups -OCH3 is 1. The summed E-state index contributed by atoms with van der Waals surface area (Å²) in [5, 5.41) is 8.78. The molecule has 1 N–H and O–H groups in total. The number of fused-ring (bicyclic) bond motifs is 1. The maximum absolute atomic E-state index is 5.40. The Balaban J connectivity index is 1.77. The van der Waals surface area contributed by atoms with Gasteiger partial charge in [0.25, 0.3) is 0 Å². The molecule has 3 rings (SSSR count). The first-order valence-electron chi connectivity index (χ1n) is 6.84. The second-order valence-corrected chi connectivity index (χ2v) is 5.72. The van der Waals surface area contributed by atoms with Crippen LogP contribution in [0.1, 0.15) is 10.7 Å². The van der Waals surface area contributed by atoms with Crippen LogP contribution in [0.2, 0.25) is 0 Å². The summed E-state index contributed by atoms with van der Waals surface area (Å²) in [6, 6.07) is 7.98. The van der Waals surface area contributed by atoms with E-state index in [0.29, 0.717) is 0 Å². The number of benzene rings is 1. The van der Waals surface area contributed by atoms with E-state index >= 15 is 0 Å². The van der Waals surface area contributed by atoms with Crippen LogP contribution < -0.4 is 10.1 Å². The Morgan fingerprint density at radius 2 is 2.14 bits per heavy atom. The van der Waals surface area contributed by atoms with Crippen molar-refractivity contribution in [3.63, 3.8) is 0 Å². The second-order valence-electron chi connectivity index (χ2n) is 4.77. The third kappa shape index (κ3) is 2.97. The fourth-order valence-electron chi connectivity index (χ4n) is 2.30. The lowest BCUT2D eigenvalue weighted by Crippen LogP contribution is -2.06. The van der Waals surface area contributed by atoms with Gasteiger partial charge in [-0.15, -0.1) is 11.3 Å². The van der Waals surface area contributed by atoms with Gasteiger partial charge in [-0.05, 0) is 19.1 Å². The van der Waals surface area contributed by atoms with Gasteiger partial charge in [-0.3, -0.25) is 0 Å².